The van der Waals surface area contributed by atoms with E-state index in [9.17, 15) is 9.50 Å². The molecule has 0 heterocycles. The van der Waals surface area contributed by atoms with Gasteiger partial charge in [-0.25, -0.2) is 4.39 Å². The summed E-state index contributed by atoms with van der Waals surface area (Å²) in [5.41, 5.74) is 6.02. The van der Waals surface area contributed by atoms with Crippen LogP contribution in [0, 0.1) is 11.2 Å². The Labute approximate surface area is 99.2 Å². The summed E-state index contributed by atoms with van der Waals surface area (Å²) < 4.78 is 12.9. The van der Waals surface area contributed by atoms with E-state index in [2.05, 4.69) is 0 Å². The molecule has 1 aromatic carbocycles. The third-order valence-corrected chi connectivity index (χ3v) is 3.92. The van der Waals surface area contributed by atoms with Crippen LogP contribution in [0.2, 0.25) is 5.02 Å². The molecule has 0 radical (unpaired) electrons. The van der Waals surface area contributed by atoms with Gasteiger partial charge in [0.2, 0.25) is 0 Å². The van der Waals surface area contributed by atoms with Crippen LogP contribution in [-0.2, 0) is 0 Å². The van der Waals surface area contributed by atoms with Gasteiger partial charge < -0.3 is 10.8 Å². The number of aliphatic hydroxyl groups is 1. The Hall–Kier alpha value is -0.640. The van der Waals surface area contributed by atoms with Crippen molar-refractivity contribution in [2.24, 2.45) is 11.1 Å². The summed E-state index contributed by atoms with van der Waals surface area (Å²) in [5, 5.41) is 10.5. The molecule has 1 aliphatic carbocycles. The van der Waals surface area contributed by atoms with Gasteiger partial charge in [-0.15, -0.1) is 0 Å². The number of halogens is 2. The standard InChI is InChI=1S/C12H15ClFNO/c13-10-6-8(14)2-3-9(10)11(16)12(7-15)4-1-5-12/h2-3,6,11,16H,1,4-5,7,15H2. The van der Waals surface area contributed by atoms with Gasteiger partial charge in [0.05, 0.1) is 6.10 Å². The van der Waals surface area contributed by atoms with Gasteiger partial charge in [0.25, 0.3) is 0 Å². The molecule has 0 spiro atoms. The van der Waals surface area contributed by atoms with Crippen molar-refractivity contribution in [2.75, 3.05) is 6.54 Å². The van der Waals surface area contributed by atoms with Gasteiger partial charge in [0, 0.05) is 17.0 Å². The first-order chi connectivity index (χ1) is 7.59. The summed E-state index contributed by atoms with van der Waals surface area (Å²) in [6.45, 7) is 0.432. The molecule has 0 saturated heterocycles. The summed E-state index contributed by atoms with van der Waals surface area (Å²) in [6, 6.07) is 4.08. The minimum atomic E-state index is -0.695. The van der Waals surface area contributed by atoms with Gasteiger partial charge in [0.1, 0.15) is 5.82 Å². The van der Waals surface area contributed by atoms with Crippen molar-refractivity contribution in [3.8, 4) is 0 Å². The highest BCUT2D eigenvalue weighted by atomic mass is 35.5. The van der Waals surface area contributed by atoms with Gasteiger partial charge in [-0.3, -0.25) is 0 Å². The van der Waals surface area contributed by atoms with Crippen molar-refractivity contribution in [3.63, 3.8) is 0 Å². The van der Waals surface area contributed by atoms with Gasteiger partial charge in [-0.2, -0.15) is 0 Å². The third-order valence-electron chi connectivity index (χ3n) is 3.59. The van der Waals surface area contributed by atoms with Crippen LogP contribution in [0.3, 0.4) is 0 Å². The van der Waals surface area contributed by atoms with E-state index in [0.29, 0.717) is 12.1 Å². The Morgan fingerprint density at radius 2 is 2.19 bits per heavy atom. The highest BCUT2D eigenvalue weighted by Crippen LogP contribution is 2.50. The molecule has 1 unspecified atom stereocenters. The average molecular weight is 244 g/mol. The minimum Gasteiger partial charge on any atom is -0.388 e. The van der Waals surface area contributed by atoms with E-state index in [1.807, 2.05) is 0 Å². The van der Waals surface area contributed by atoms with Crippen molar-refractivity contribution >= 4 is 11.6 Å². The van der Waals surface area contributed by atoms with Gasteiger partial charge >= 0.3 is 0 Å². The molecule has 0 aliphatic heterocycles. The van der Waals surface area contributed by atoms with Crippen LogP contribution < -0.4 is 5.73 Å². The minimum absolute atomic E-state index is 0.262. The van der Waals surface area contributed by atoms with E-state index in [0.717, 1.165) is 19.3 Å². The summed E-state index contributed by atoms with van der Waals surface area (Å²) in [4.78, 5) is 0. The Morgan fingerprint density at radius 3 is 2.62 bits per heavy atom. The van der Waals surface area contributed by atoms with Crippen LogP contribution in [0.25, 0.3) is 0 Å². The summed E-state index contributed by atoms with van der Waals surface area (Å²) >= 11 is 5.93. The van der Waals surface area contributed by atoms with Crippen molar-refractivity contribution in [2.45, 2.75) is 25.4 Å². The number of nitrogens with two attached hydrogens (primary N) is 1. The topological polar surface area (TPSA) is 46.2 Å². The van der Waals surface area contributed by atoms with Crippen molar-refractivity contribution in [1.29, 1.82) is 0 Å². The Kier molecular flexibility index (Phi) is 3.19. The second kappa shape index (κ2) is 4.32. The van der Waals surface area contributed by atoms with Crippen LogP contribution in [0.5, 0.6) is 0 Å². The van der Waals surface area contributed by atoms with E-state index in [-0.39, 0.29) is 10.4 Å². The van der Waals surface area contributed by atoms with Crippen LogP contribution in [0.4, 0.5) is 4.39 Å². The molecule has 1 aromatic rings. The summed E-state index contributed by atoms with van der Waals surface area (Å²) in [6.07, 6.45) is 2.18. The largest absolute Gasteiger partial charge is 0.388 e. The lowest BCUT2D eigenvalue weighted by molar-refractivity contribution is -0.0296. The van der Waals surface area contributed by atoms with Gasteiger partial charge in [-0.05, 0) is 30.5 Å². The zero-order chi connectivity index (χ0) is 11.8. The lowest BCUT2D eigenvalue weighted by Crippen LogP contribution is -2.42. The lowest BCUT2D eigenvalue weighted by atomic mass is 9.63. The number of hydrogen-bond donors (Lipinski definition) is 2. The quantitative estimate of drug-likeness (QED) is 0.857. The van der Waals surface area contributed by atoms with Crippen molar-refractivity contribution in [3.05, 3.63) is 34.6 Å². The lowest BCUT2D eigenvalue weighted by Gasteiger charge is -2.45. The number of hydrogen-bond acceptors (Lipinski definition) is 2. The molecule has 1 atom stereocenters. The highest BCUT2D eigenvalue weighted by Gasteiger charge is 2.43. The predicted octanol–water partition coefficient (Wildman–Crippen LogP) is 2.64. The van der Waals surface area contributed by atoms with Crippen LogP contribution >= 0.6 is 11.6 Å². The average Bonchev–Trinajstić information content (AvgIpc) is 2.16. The molecular weight excluding hydrogens is 229 g/mol. The second-order valence-corrected chi connectivity index (χ2v) is 4.90. The number of aliphatic hydroxyl groups excluding tert-OH is 1. The molecule has 0 aromatic heterocycles. The summed E-state index contributed by atoms with van der Waals surface area (Å²) in [5.74, 6) is -0.392. The van der Waals surface area contributed by atoms with Crippen LogP contribution in [-0.4, -0.2) is 11.7 Å². The predicted molar refractivity (Wildman–Crippen MR) is 61.7 cm³/mol. The number of rotatable bonds is 3. The second-order valence-electron chi connectivity index (χ2n) is 4.49. The maximum Gasteiger partial charge on any atom is 0.124 e. The first-order valence-corrected chi connectivity index (χ1v) is 5.80. The SMILES string of the molecule is NCC1(C(O)c2ccc(F)cc2Cl)CCC1. The van der Waals surface area contributed by atoms with Crippen LogP contribution in [0.15, 0.2) is 18.2 Å². The zero-order valence-corrected chi connectivity index (χ0v) is 9.67. The normalized spacial score (nSPS) is 20.2. The summed E-state index contributed by atoms with van der Waals surface area (Å²) in [7, 11) is 0. The Balaban J connectivity index is 2.29. The molecule has 1 fully saturated rings. The Morgan fingerprint density at radius 1 is 1.50 bits per heavy atom. The first-order valence-electron chi connectivity index (χ1n) is 5.42. The fraction of sp³-hybridized carbons (Fsp3) is 0.500. The molecule has 88 valence electrons. The fourth-order valence-corrected chi connectivity index (χ4v) is 2.54. The van der Waals surface area contributed by atoms with E-state index in [4.69, 9.17) is 17.3 Å². The monoisotopic (exact) mass is 243 g/mol. The third kappa shape index (κ3) is 1.83. The van der Waals surface area contributed by atoms with Crippen molar-refractivity contribution < 1.29 is 9.50 Å². The molecule has 16 heavy (non-hydrogen) atoms. The highest BCUT2D eigenvalue weighted by molar-refractivity contribution is 6.31. The zero-order valence-electron chi connectivity index (χ0n) is 8.92. The van der Waals surface area contributed by atoms with E-state index in [1.54, 1.807) is 0 Å². The van der Waals surface area contributed by atoms with Crippen molar-refractivity contribution in [1.82, 2.24) is 0 Å². The van der Waals surface area contributed by atoms with E-state index >= 15 is 0 Å². The Bertz CT molecular complexity index is 387. The van der Waals surface area contributed by atoms with E-state index in [1.165, 1.54) is 18.2 Å². The first kappa shape index (κ1) is 11.8. The number of benzene rings is 1. The van der Waals surface area contributed by atoms with E-state index < -0.39 is 11.9 Å². The maximum absolute atomic E-state index is 12.9. The molecule has 0 bridgehead atoms. The molecule has 3 N–H and O–H groups in total. The van der Waals surface area contributed by atoms with Crippen LogP contribution in [0.1, 0.15) is 30.9 Å². The maximum atomic E-state index is 12.9. The molecule has 4 heteroatoms. The molecule has 2 nitrogen and oxygen atoms in total. The molecule has 2 rings (SSSR count). The molecule has 1 aliphatic rings. The molecule has 0 amide bonds. The fourth-order valence-electron chi connectivity index (χ4n) is 2.27. The molecule has 1 saturated carbocycles. The molecular formula is C12H15ClFNO. The van der Waals surface area contributed by atoms with Gasteiger partial charge in [0.15, 0.2) is 0 Å². The van der Waals surface area contributed by atoms with Gasteiger partial charge in [-0.1, -0.05) is 24.1 Å². The smallest absolute Gasteiger partial charge is 0.124 e.